The summed E-state index contributed by atoms with van der Waals surface area (Å²) in [6, 6.07) is 6.03. The molecule has 106 valence electrons. The summed E-state index contributed by atoms with van der Waals surface area (Å²) in [5.74, 6) is 0. The average molecular weight is 282 g/mol. The van der Waals surface area contributed by atoms with Crippen LogP contribution in [0.3, 0.4) is 0 Å². The van der Waals surface area contributed by atoms with Gasteiger partial charge in [-0.15, -0.1) is 0 Å². The van der Waals surface area contributed by atoms with Crippen molar-refractivity contribution >= 4 is 16.6 Å². The lowest BCUT2D eigenvalue weighted by molar-refractivity contribution is -0.136. The highest BCUT2D eigenvalue weighted by atomic mass is 19.4. The van der Waals surface area contributed by atoms with Gasteiger partial charge in [0.25, 0.3) is 0 Å². The van der Waals surface area contributed by atoms with E-state index in [1.807, 2.05) is 4.90 Å². The van der Waals surface area contributed by atoms with Crippen LogP contribution >= 0.6 is 0 Å². The van der Waals surface area contributed by atoms with Crippen LogP contribution in [0.4, 0.5) is 18.9 Å². The van der Waals surface area contributed by atoms with Gasteiger partial charge in [0, 0.05) is 30.4 Å². The molecule has 0 N–H and O–H groups in total. The van der Waals surface area contributed by atoms with Crippen LogP contribution in [0.1, 0.15) is 5.56 Å². The molecule has 3 rings (SSSR count). The van der Waals surface area contributed by atoms with Gasteiger partial charge in [-0.3, -0.25) is 4.98 Å². The Kier molecular flexibility index (Phi) is 3.25. The van der Waals surface area contributed by atoms with Crippen molar-refractivity contribution in [3.05, 3.63) is 36.0 Å². The molecule has 2 heterocycles. The molecule has 3 nitrogen and oxygen atoms in total. The van der Waals surface area contributed by atoms with E-state index in [2.05, 4.69) is 4.98 Å². The SMILES string of the molecule is FC(F)(F)c1ccnc2ccc(N3CCOCC3)cc12. The average Bonchev–Trinajstić information content (AvgIpc) is 2.46. The van der Waals surface area contributed by atoms with Crippen molar-refractivity contribution in [2.24, 2.45) is 0 Å². The Balaban J connectivity index is 2.09. The molecule has 0 atom stereocenters. The predicted molar refractivity (Wildman–Crippen MR) is 69.8 cm³/mol. The van der Waals surface area contributed by atoms with Crippen LogP contribution in [0.5, 0.6) is 0 Å². The van der Waals surface area contributed by atoms with Gasteiger partial charge in [-0.2, -0.15) is 13.2 Å². The van der Waals surface area contributed by atoms with Crippen molar-refractivity contribution in [2.45, 2.75) is 6.18 Å². The number of fused-ring (bicyclic) bond motifs is 1. The molecule has 0 spiro atoms. The summed E-state index contributed by atoms with van der Waals surface area (Å²) >= 11 is 0. The van der Waals surface area contributed by atoms with Crippen molar-refractivity contribution in [3.8, 4) is 0 Å². The third-order valence-electron chi connectivity index (χ3n) is 3.41. The zero-order chi connectivity index (χ0) is 14.2. The van der Waals surface area contributed by atoms with E-state index in [0.29, 0.717) is 31.8 Å². The second-order valence-electron chi connectivity index (χ2n) is 4.66. The van der Waals surface area contributed by atoms with E-state index in [1.54, 1.807) is 18.2 Å². The third kappa shape index (κ3) is 2.43. The number of benzene rings is 1. The first-order valence-corrected chi connectivity index (χ1v) is 6.34. The van der Waals surface area contributed by atoms with Crippen LogP contribution in [0, 0.1) is 0 Å². The summed E-state index contributed by atoms with van der Waals surface area (Å²) in [5.41, 5.74) is 0.494. The standard InChI is InChI=1S/C14H13F3N2O/c15-14(16,17)12-3-4-18-13-2-1-10(9-11(12)13)19-5-7-20-8-6-19/h1-4,9H,5-8H2. The van der Waals surface area contributed by atoms with Crippen LogP contribution < -0.4 is 4.90 Å². The van der Waals surface area contributed by atoms with E-state index in [0.717, 1.165) is 11.8 Å². The monoisotopic (exact) mass is 282 g/mol. The molecular formula is C14H13F3N2O. The lowest BCUT2D eigenvalue weighted by atomic mass is 10.1. The smallest absolute Gasteiger partial charge is 0.378 e. The van der Waals surface area contributed by atoms with Crippen LogP contribution in [-0.4, -0.2) is 31.3 Å². The van der Waals surface area contributed by atoms with Crippen molar-refractivity contribution in [1.82, 2.24) is 4.98 Å². The van der Waals surface area contributed by atoms with Crippen LogP contribution in [0.15, 0.2) is 30.5 Å². The van der Waals surface area contributed by atoms with Gasteiger partial charge in [-0.25, -0.2) is 0 Å². The second-order valence-corrected chi connectivity index (χ2v) is 4.66. The van der Waals surface area contributed by atoms with Gasteiger partial charge in [0.05, 0.1) is 24.3 Å². The number of alkyl halides is 3. The van der Waals surface area contributed by atoms with Gasteiger partial charge in [-0.1, -0.05) is 0 Å². The number of nitrogens with zero attached hydrogens (tertiary/aromatic N) is 2. The fourth-order valence-corrected chi connectivity index (χ4v) is 2.40. The molecule has 0 radical (unpaired) electrons. The Morgan fingerprint density at radius 2 is 1.85 bits per heavy atom. The van der Waals surface area contributed by atoms with E-state index >= 15 is 0 Å². The molecule has 2 aromatic rings. The molecule has 1 aromatic heterocycles. The lowest BCUT2D eigenvalue weighted by Crippen LogP contribution is -2.36. The second kappa shape index (κ2) is 4.94. The molecule has 0 amide bonds. The number of hydrogen-bond acceptors (Lipinski definition) is 3. The summed E-state index contributed by atoms with van der Waals surface area (Å²) in [6.07, 6.45) is -3.18. The predicted octanol–water partition coefficient (Wildman–Crippen LogP) is 3.09. The summed E-state index contributed by atoms with van der Waals surface area (Å²) in [7, 11) is 0. The summed E-state index contributed by atoms with van der Waals surface area (Å²) < 4.78 is 44.3. The zero-order valence-corrected chi connectivity index (χ0v) is 10.7. The van der Waals surface area contributed by atoms with Crippen LogP contribution in [-0.2, 0) is 10.9 Å². The van der Waals surface area contributed by atoms with Crippen molar-refractivity contribution in [2.75, 3.05) is 31.2 Å². The van der Waals surface area contributed by atoms with E-state index in [4.69, 9.17) is 4.74 Å². The highest BCUT2D eigenvalue weighted by Gasteiger charge is 2.32. The minimum Gasteiger partial charge on any atom is -0.378 e. The largest absolute Gasteiger partial charge is 0.417 e. The molecule has 0 saturated carbocycles. The number of halogens is 3. The number of aromatic nitrogens is 1. The fourth-order valence-electron chi connectivity index (χ4n) is 2.40. The highest BCUT2D eigenvalue weighted by molar-refractivity contribution is 5.86. The number of hydrogen-bond donors (Lipinski definition) is 0. The van der Waals surface area contributed by atoms with Gasteiger partial charge in [0.2, 0.25) is 0 Å². The van der Waals surface area contributed by atoms with Gasteiger partial charge in [-0.05, 0) is 24.3 Å². The molecule has 0 aliphatic carbocycles. The third-order valence-corrected chi connectivity index (χ3v) is 3.41. The Labute approximate surface area is 114 Å². The quantitative estimate of drug-likeness (QED) is 0.803. The molecular weight excluding hydrogens is 269 g/mol. The first-order chi connectivity index (χ1) is 9.55. The molecule has 1 aliphatic heterocycles. The number of pyridine rings is 1. The highest BCUT2D eigenvalue weighted by Crippen LogP contribution is 2.35. The van der Waals surface area contributed by atoms with Crippen molar-refractivity contribution < 1.29 is 17.9 Å². The number of anilines is 1. The minimum absolute atomic E-state index is 0.143. The minimum atomic E-state index is -4.37. The first-order valence-electron chi connectivity index (χ1n) is 6.34. The Morgan fingerprint density at radius 3 is 2.55 bits per heavy atom. The molecule has 0 bridgehead atoms. The Morgan fingerprint density at radius 1 is 1.10 bits per heavy atom. The molecule has 1 fully saturated rings. The van der Waals surface area contributed by atoms with Crippen molar-refractivity contribution in [3.63, 3.8) is 0 Å². The summed E-state index contributed by atoms with van der Waals surface area (Å²) in [4.78, 5) is 6.02. The first kappa shape index (κ1) is 13.2. The summed E-state index contributed by atoms with van der Waals surface area (Å²) in [5, 5.41) is 0.143. The van der Waals surface area contributed by atoms with Crippen LogP contribution in [0.2, 0.25) is 0 Å². The van der Waals surface area contributed by atoms with Crippen LogP contribution in [0.25, 0.3) is 10.9 Å². The number of rotatable bonds is 1. The van der Waals surface area contributed by atoms with E-state index in [-0.39, 0.29) is 5.39 Å². The molecule has 0 unspecified atom stereocenters. The topological polar surface area (TPSA) is 25.4 Å². The Hall–Kier alpha value is -1.82. The maximum Gasteiger partial charge on any atom is 0.417 e. The lowest BCUT2D eigenvalue weighted by Gasteiger charge is -2.29. The van der Waals surface area contributed by atoms with E-state index in [1.165, 1.54) is 6.20 Å². The maximum absolute atomic E-state index is 13.0. The van der Waals surface area contributed by atoms with Gasteiger partial charge >= 0.3 is 6.18 Å². The number of morpholine rings is 1. The van der Waals surface area contributed by atoms with Crippen molar-refractivity contribution in [1.29, 1.82) is 0 Å². The zero-order valence-electron chi connectivity index (χ0n) is 10.7. The van der Waals surface area contributed by atoms with Gasteiger partial charge in [0.15, 0.2) is 0 Å². The molecule has 1 aromatic carbocycles. The summed E-state index contributed by atoms with van der Waals surface area (Å²) in [6.45, 7) is 2.56. The van der Waals surface area contributed by atoms with Gasteiger partial charge in [0.1, 0.15) is 0 Å². The molecule has 1 aliphatic rings. The van der Waals surface area contributed by atoms with E-state index < -0.39 is 11.7 Å². The Bertz CT molecular complexity index is 621. The maximum atomic E-state index is 13.0. The van der Waals surface area contributed by atoms with E-state index in [9.17, 15) is 13.2 Å². The molecule has 20 heavy (non-hydrogen) atoms. The molecule has 6 heteroatoms. The normalized spacial score (nSPS) is 16.6. The fraction of sp³-hybridized carbons (Fsp3) is 0.357. The molecule has 1 saturated heterocycles. The van der Waals surface area contributed by atoms with Gasteiger partial charge < -0.3 is 9.64 Å². The number of ether oxygens (including phenoxy) is 1.